The molecule has 0 saturated carbocycles. The Hall–Kier alpha value is -1.90. The molecule has 8 heteroatoms. The highest BCUT2D eigenvalue weighted by atomic mass is 79.9. The van der Waals surface area contributed by atoms with Gasteiger partial charge in [0.15, 0.2) is 0 Å². The second-order valence-corrected chi connectivity index (χ2v) is 7.39. The number of nitrogens with zero attached hydrogens (tertiary/aromatic N) is 3. The zero-order chi connectivity index (χ0) is 18.8. The van der Waals surface area contributed by atoms with Gasteiger partial charge in [0.05, 0.1) is 5.52 Å². The minimum atomic E-state index is -0.961. The molecule has 2 aromatic rings. The smallest absolute Gasteiger partial charge is 0.325 e. The molecule has 1 aromatic heterocycles. The standard InChI is InChI=1S/C18H22BrN3O4/c1-2-20-5-7-21(8-6-20)17(18(25)26)14-10-22(11-16(23)24)15-9-12(19)3-4-13(14)15/h3-4,9-10,17H,2,5-8,11H2,1H3,(H,23,24)(H,25,26)/t17-/m1/s1. The van der Waals surface area contributed by atoms with E-state index in [1.54, 1.807) is 10.8 Å². The third-order valence-corrected chi connectivity index (χ3v) is 5.42. The minimum Gasteiger partial charge on any atom is -0.480 e. The van der Waals surface area contributed by atoms with Gasteiger partial charge in [-0.25, -0.2) is 0 Å². The molecule has 1 saturated heterocycles. The molecule has 0 radical (unpaired) electrons. The summed E-state index contributed by atoms with van der Waals surface area (Å²) in [5, 5.41) is 19.9. The summed E-state index contributed by atoms with van der Waals surface area (Å²) in [7, 11) is 0. The number of aromatic nitrogens is 1. The molecule has 7 nitrogen and oxygen atoms in total. The number of piperazine rings is 1. The Morgan fingerprint density at radius 1 is 1.19 bits per heavy atom. The zero-order valence-electron chi connectivity index (χ0n) is 14.6. The van der Waals surface area contributed by atoms with Crippen LogP contribution < -0.4 is 0 Å². The number of carboxylic acids is 2. The lowest BCUT2D eigenvalue weighted by molar-refractivity contribution is -0.144. The molecule has 0 bridgehead atoms. The monoisotopic (exact) mass is 423 g/mol. The Kier molecular flexibility index (Phi) is 5.64. The lowest BCUT2D eigenvalue weighted by Gasteiger charge is -2.37. The first-order chi connectivity index (χ1) is 12.4. The van der Waals surface area contributed by atoms with Crippen molar-refractivity contribution < 1.29 is 19.8 Å². The number of fused-ring (bicyclic) bond motifs is 1. The number of carbonyl (C=O) groups is 2. The van der Waals surface area contributed by atoms with E-state index in [9.17, 15) is 19.8 Å². The summed E-state index contributed by atoms with van der Waals surface area (Å²) >= 11 is 3.41. The molecule has 1 aliphatic rings. The van der Waals surface area contributed by atoms with Crippen molar-refractivity contribution in [3.63, 3.8) is 0 Å². The largest absolute Gasteiger partial charge is 0.480 e. The lowest BCUT2D eigenvalue weighted by Crippen LogP contribution is -2.49. The number of likely N-dealkylation sites (N-methyl/N-ethyl adjacent to an activating group) is 1. The predicted octanol–water partition coefficient (Wildman–Crippen LogP) is 2.25. The topological polar surface area (TPSA) is 86.0 Å². The van der Waals surface area contributed by atoms with Gasteiger partial charge in [0, 0.05) is 47.8 Å². The van der Waals surface area contributed by atoms with Gasteiger partial charge in [-0.2, -0.15) is 0 Å². The van der Waals surface area contributed by atoms with Gasteiger partial charge in [-0.15, -0.1) is 0 Å². The van der Waals surface area contributed by atoms with Crippen LogP contribution in [-0.2, 0) is 16.1 Å². The van der Waals surface area contributed by atoms with Crippen LogP contribution in [0.1, 0.15) is 18.5 Å². The predicted molar refractivity (Wildman–Crippen MR) is 101 cm³/mol. The van der Waals surface area contributed by atoms with Crippen LogP contribution in [-0.4, -0.2) is 69.2 Å². The van der Waals surface area contributed by atoms with Gasteiger partial charge < -0.3 is 19.7 Å². The fourth-order valence-corrected chi connectivity index (χ4v) is 3.96. The van der Waals surface area contributed by atoms with Crippen molar-refractivity contribution in [2.45, 2.75) is 19.5 Å². The summed E-state index contributed by atoms with van der Waals surface area (Å²) in [6.07, 6.45) is 1.68. The van der Waals surface area contributed by atoms with E-state index < -0.39 is 18.0 Å². The van der Waals surface area contributed by atoms with Crippen LogP contribution in [0.25, 0.3) is 10.9 Å². The first kappa shape index (κ1) is 18.9. The van der Waals surface area contributed by atoms with Crippen LogP contribution in [0.5, 0.6) is 0 Å². The van der Waals surface area contributed by atoms with Crippen LogP contribution in [0.2, 0.25) is 0 Å². The van der Waals surface area contributed by atoms with Crippen molar-refractivity contribution in [3.05, 3.63) is 34.4 Å². The number of aliphatic carboxylic acids is 2. The van der Waals surface area contributed by atoms with E-state index >= 15 is 0 Å². The molecular weight excluding hydrogens is 402 g/mol. The molecule has 0 aliphatic carbocycles. The van der Waals surface area contributed by atoms with Crippen molar-refractivity contribution >= 4 is 38.8 Å². The van der Waals surface area contributed by atoms with Crippen LogP contribution in [0.15, 0.2) is 28.9 Å². The van der Waals surface area contributed by atoms with E-state index in [2.05, 4.69) is 27.8 Å². The second kappa shape index (κ2) is 7.77. The number of carboxylic acid groups (broad SMARTS) is 2. The maximum absolute atomic E-state index is 12.1. The van der Waals surface area contributed by atoms with Gasteiger partial charge in [0.1, 0.15) is 12.6 Å². The second-order valence-electron chi connectivity index (χ2n) is 6.48. The Morgan fingerprint density at radius 3 is 2.46 bits per heavy atom. The third kappa shape index (κ3) is 3.77. The van der Waals surface area contributed by atoms with Crippen molar-refractivity contribution in [2.75, 3.05) is 32.7 Å². The fraction of sp³-hybridized carbons (Fsp3) is 0.444. The Balaban J connectivity index is 2.03. The molecule has 2 heterocycles. The highest BCUT2D eigenvalue weighted by molar-refractivity contribution is 9.10. The number of rotatable bonds is 6. The third-order valence-electron chi connectivity index (χ3n) is 4.93. The molecule has 26 heavy (non-hydrogen) atoms. The molecular formula is C18H22BrN3O4. The van der Waals surface area contributed by atoms with E-state index in [4.69, 9.17) is 0 Å². The Labute approximate surface area is 159 Å². The average molecular weight is 424 g/mol. The molecule has 140 valence electrons. The highest BCUT2D eigenvalue weighted by Gasteiger charge is 2.32. The fourth-order valence-electron chi connectivity index (χ4n) is 3.61. The first-order valence-electron chi connectivity index (χ1n) is 8.60. The van der Waals surface area contributed by atoms with Crippen molar-refractivity contribution in [1.82, 2.24) is 14.4 Å². The van der Waals surface area contributed by atoms with E-state index in [0.29, 0.717) is 18.7 Å². The first-order valence-corrected chi connectivity index (χ1v) is 9.39. The minimum absolute atomic E-state index is 0.205. The maximum atomic E-state index is 12.1. The molecule has 1 aliphatic heterocycles. The van der Waals surface area contributed by atoms with Gasteiger partial charge in [0.25, 0.3) is 0 Å². The maximum Gasteiger partial charge on any atom is 0.325 e. The molecule has 0 unspecified atom stereocenters. The van der Waals surface area contributed by atoms with Crippen LogP contribution in [0, 0.1) is 0 Å². The number of benzene rings is 1. The zero-order valence-corrected chi connectivity index (χ0v) is 16.1. The van der Waals surface area contributed by atoms with E-state index in [1.165, 1.54) is 0 Å². The van der Waals surface area contributed by atoms with Crippen molar-refractivity contribution in [3.8, 4) is 0 Å². The van der Waals surface area contributed by atoms with Gasteiger partial charge >= 0.3 is 11.9 Å². The molecule has 3 rings (SSSR count). The van der Waals surface area contributed by atoms with E-state index in [-0.39, 0.29) is 6.54 Å². The molecule has 1 fully saturated rings. The van der Waals surface area contributed by atoms with Crippen LogP contribution in [0.3, 0.4) is 0 Å². The van der Waals surface area contributed by atoms with Gasteiger partial charge in [-0.1, -0.05) is 28.9 Å². The molecule has 0 spiro atoms. The SMILES string of the molecule is CCN1CCN([C@@H](C(=O)O)c2cn(CC(=O)O)c3cc(Br)ccc23)CC1. The quantitative estimate of drug-likeness (QED) is 0.740. The van der Waals surface area contributed by atoms with Crippen molar-refractivity contribution in [2.24, 2.45) is 0 Å². The molecule has 1 atom stereocenters. The molecule has 0 amide bonds. The van der Waals surface area contributed by atoms with Gasteiger partial charge in [0.2, 0.25) is 0 Å². The number of hydrogen-bond donors (Lipinski definition) is 2. The number of halogens is 1. The average Bonchev–Trinajstić information content (AvgIpc) is 2.92. The summed E-state index contributed by atoms with van der Waals surface area (Å²) in [6.45, 7) is 5.86. The summed E-state index contributed by atoms with van der Waals surface area (Å²) in [6, 6.07) is 4.75. The Morgan fingerprint density at radius 2 is 1.88 bits per heavy atom. The van der Waals surface area contributed by atoms with Crippen molar-refractivity contribution in [1.29, 1.82) is 0 Å². The molecule has 1 aromatic carbocycles. The summed E-state index contributed by atoms with van der Waals surface area (Å²) in [4.78, 5) is 27.6. The molecule has 2 N–H and O–H groups in total. The van der Waals surface area contributed by atoms with Gasteiger partial charge in [-0.05, 0) is 18.7 Å². The highest BCUT2D eigenvalue weighted by Crippen LogP contribution is 2.32. The van der Waals surface area contributed by atoms with Gasteiger partial charge in [-0.3, -0.25) is 14.5 Å². The summed E-state index contributed by atoms with van der Waals surface area (Å²) in [5.74, 6) is -1.87. The van der Waals surface area contributed by atoms with E-state index in [1.807, 2.05) is 23.1 Å². The Bertz CT molecular complexity index is 827. The van der Waals surface area contributed by atoms with Crippen LogP contribution >= 0.6 is 15.9 Å². The van der Waals surface area contributed by atoms with Crippen LogP contribution in [0.4, 0.5) is 0 Å². The summed E-state index contributed by atoms with van der Waals surface area (Å²) < 4.78 is 2.43. The normalized spacial score (nSPS) is 17.5. The lowest BCUT2D eigenvalue weighted by atomic mass is 10.0. The summed E-state index contributed by atoms with van der Waals surface area (Å²) in [5.41, 5.74) is 1.36. The number of hydrogen-bond acceptors (Lipinski definition) is 4. The van der Waals surface area contributed by atoms with E-state index in [0.717, 1.165) is 35.0 Å².